The maximum absolute atomic E-state index is 12.2. The van der Waals surface area contributed by atoms with Gasteiger partial charge in [0, 0.05) is 16.4 Å². The summed E-state index contributed by atoms with van der Waals surface area (Å²) in [5.74, 6) is 1.26. The second-order valence-corrected chi connectivity index (χ2v) is 7.88. The highest BCUT2D eigenvalue weighted by Gasteiger charge is 2.10. The van der Waals surface area contributed by atoms with Crippen molar-refractivity contribution >= 4 is 44.6 Å². The molecule has 0 bridgehead atoms. The molecule has 2 aromatic carbocycles. The Labute approximate surface area is 160 Å². The Morgan fingerprint density at radius 3 is 2.76 bits per heavy atom. The van der Waals surface area contributed by atoms with Crippen LogP contribution in [0, 0.1) is 13.8 Å². The van der Waals surface area contributed by atoms with Crippen molar-refractivity contribution in [2.45, 2.75) is 25.3 Å². The molecule has 1 amide bonds. The van der Waals surface area contributed by atoms with Gasteiger partial charge in [-0.1, -0.05) is 28.1 Å². The predicted octanol–water partition coefficient (Wildman–Crippen LogP) is 4.36. The third-order valence-electron chi connectivity index (χ3n) is 4.14. The molecule has 3 rings (SSSR count). The van der Waals surface area contributed by atoms with E-state index >= 15 is 0 Å². The van der Waals surface area contributed by atoms with Crippen LogP contribution in [0.2, 0.25) is 0 Å². The molecule has 0 saturated carbocycles. The number of carbonyl (C=O) groups is 1. The van der Waals surface area contributed by atoms with E-state index in [-0.39, 0.29) is 5.91 Å². The van der Waals surface area contributed by atoms with Gasteiger partial charge in [-0.2, -0.15) is 0 Å². The minimum Gasteiger partial charge on any atom is -0.348 e. The molecular weight excluding hydrogens is 398 g/mol. The number of fused-ring (bicyclic) bond motifs is 1. The topological polar surface area (TPSA) is 46.9 Å². The Morgan fingerprint density at radius 1 is 1.24 bits per heavy atom. The molecule has 0 atom stereocenters. The summed E-state index contributed by atoms with van der Waals surface area (Å²) in [6, 6.07) is 12.2. The molecule has 0 saturated heterocycles. The van der Waals surface area contributed by atoms with Crippen LogP contribution in [-0.2, 0) is 18.4 Å². The fraction of sp³-hybridized carbons (Fsp3) is 0.263. The number of aromatic nitrogens is 2. The van der Waals surface area contributed by atoms with E-state index < -0.39 is 0 Å². The van der Waals surface area contributed by atoms with Crippen molar-refractivity contribution in [3.05, 3.63) is 57.8 Å². The van der Waals surface area contributed by atoms with Crippen molar-refractivity contribution < 1.29 is 4.79 Å². The lowest BCUT2D eigenvalue weighted by atomic mass is 10.2. The summed E-state index contributed by atoms with van der Waals surface area (Å²) in [5, 5.41) is 2.96. The molecule has 0 fully saturated rings. The van der Waals surface area contributed by atoms with E-state index in [0.717, 1.165) is 26.2 Å². The lowest BCUT2D eigenvalue weighted by Crippen LogP contribution is -2.26. The number of nitrogens with one attached hydrogen (secondary N) is 1. The van der Waals surface area contributed by atoms with Gasteiger partial charge in [-0.3, -0.25) is 4.79 Å². The van der Waals surface area contributed by atoms with E-state index in [9.17, 15) is 4.79 Å². The number of carbonyl (C=O) groups excluding carboxylic acids is 1. The number of hydrogen-bond acceptors (Lipinski definition) is 3. The first-order chi connectivity index (χ1) is 12.0. The number of para-hydroxylation sites is 2. The molecule has 4 nitrogen and oxygen atoms in total. The van der Waals surface area contributed by atoms with Crippen LogP contribution < -0.4 is 5.32 Å². The van der Waals surface area contributed by atoms with E-state index in [4.69, 9.17) is 0 Å². The van der Waals surface area contributed by atoms with Crippen molar-refractivity contribution in [2.24, 2.45) is 7.05 Å². The maximum atomic E-state index is 12.2. The Balaban J connectivity index is 1.59. The predicted molar refractivity (Wildman–Crippen MR) is 107 cm³/mol. The SMILES string of the molecule is Cc1cc(SCC(=O)NCc2nc3ccccc3n2C)c(C)cc1Br. The third kappa shape index (κ3) is 4.07. The van der Waals surface area contributed by atoms with Gasteiger partial charge in [0.05, 0.1) is 23.3 Å². The van der Waals surface area contributed by atoms with Crippen molar-refractivity contribution in [1.82, 2.24) is 14.9 Å². The highest BCUT2D eigenvalue weighted by molar-refractivity contribution is 9.10. The number of halogens is 1. The molecule has 0 unspecified atom stereocenters. The normalized spacial score (nSPS) is 11.0. The molecule has 130 valence electrons. The first-order valence-electron chi connectivity index (χ1n) is 8.02. The van der Waals surface area contributed by atoms with Crippen LogP contribution >= 0.6 is 27.7 Å². The fourth-order valence-corrected chi connectivity index (χ4v) is 4.03. The summed E-state index contributed by atoms with van der Waals surface area (Å²) in [5.41, 5.74) is 4.37. The van der Waals surface area contributed by atoms with Gasteiger partial charge in [0.25, 0.3) is 0 Å². The average Bonchev–Trinajstić information content (AvgIpc) is 2.91. The summed E-state index contributed by atoms with van der Waals surface area (Å²) < 4.78 is 3.12. The zero-order valence-electron chi connectivity index (χ0n) is 14.5. The second-order valence-electron chi connectivity index (χ2n) is 6.01. The highest BCUT2D eigenvalue weighted by atomic mass is 79.9. The van der Waals surface area contributed by atoms with Crippen LogP contribution in [0.15, 0.2) is 45.8 Å². The smallest absolute Gasteiger partial charge is 0.230 e. The molecule has 1 aromatic heterocycles. The molecule has 0 spiro atoms. The zero-order valence-corrected chi connectivity index (χ0v) is 16.9. The van der Waals surface area contributed by atoms with E-state index in [1.54, 1.807) is 11.8 Å². The quantitative estimate of drug-likeness (QED) is 0.627. The van der Waals surface area contributed by atoms with Crippen LogP contribution in [0.25, 0.3) is 11.0 Å². The average molecular weight is 418 g/mol. The van der Waals surface area contributed by atoms with Gasteiger partial charge in [-0.25, -0.2) is 4.98 Å². The van der Waals surface area contributed by atoms with E-state index in [0.29, 0.717) is 12.3 Å². The zero-order chi connectivity index (χ0) is 18.0. The van der Waals surface area contributed by atoms with Gasteiger partial charge in [-0.15, -0.1) is 11.8 Å². The van der Waals surface area contributed by atoms with Gasteiger partial charge < -0.3 is 9.88 Å². The van der Waals surface area contributed by atoms with E-state index in [1.807, 2.05) is 35.9 Å². The highest BCUT2D eigenvalue weighted by Crippen LogP contribution is 2.28. The van der Waals surface area contributed by atoms with E-state index in [1.165, 1.54) is 11.1 Å². The Bertz CT molecular complexity index is 936. The van der Waals surface area contributed by atoms with E-state index in [2.05, 4.69) is 52.2 Å². The maximum Gasteiger partial charge on any atom is 0.230 e. The second kappa shape index (κ2) is 7.62. The summed E-state index contributed by atoms with van der Waals surface area (Å²) in [6.07, 6.45) is 0. The van der Waals surface area contributed by atoms with Crippen LogP contribution in [0.3, 0.4) is 0 Å². The molecule has 0 aliphatic heterocycles. The Morgan fingerprint density at radius 2 is 2.00 bits per heavy atom. The number of aryl methyl sites for hydroxylation is 3. The van der Waals surface area contributed by atoms with Gasteiger partial charge in [-0.05, 0) is 49.2 Å². The number of thioether (sulfide) groups is 1. The van der Waals surface area contributed by atoms with Gasteiger partial charge >= 0.3 is 0 Å². The molecule has 1 N–H and O–H groups in total. The summed E-state index contributed by atoms with van der Waals surface area (Å²) in [4.78, 5) is 17.9. The minimum absolute atomic E-state index is 0.0111. The fourth-order valence-electron chi connectivity index (χ4n) is 2.64. The molecule has 0 radical (unpaired) electrons. The lowest BCUT2D eigenvalue weighted by molar-refractivity contribution is -0.118. The number of benzene rings is 2. The molecular formula is C19H20BrN3OS. The standard InChI is InChI=1S/C19H20BrN3OS/c1-12-9-17(13(2)8-14(12)20)25-11-19(24)21-10-18-22-15-6-4-5-7-16(15)23(18)3/h4-9H,10-11H2,1-3H3,(H,21,24). The van der Waals surface area contributed by atoms with Crippen molar-refractivity contribution in [1.29, 1.82) is 0 Å². The molecule has 0 aliphatic rings. The molecule has 0 aliphatic carbocycles. The number of hydrogen-bond donors (Lipinski definition) is 1. The monoisotopic (exact) mass is 417 g/mol. The minimum atomic E-state index is 0.0111. The summed E-state index contributed by atoms with van der Waals surface area (Å²) in [7, 11) is 1.97. The van der Waals surface area contributed by atoms with Crippen LogP contribution in [0.5, 0.6) is 0 Å². The third-order valence-corrected chi connectivity index (χ3v) is 6.15. The van der Waals surface area contributed by atoms with Crippen LogP contribution in [0.1, 0.15) is 17.0 Å². The summed E-state index contributed by atoms with van der Waals surface area (Å²) >= 11 is 5.10. The number of amides is 1. The molecule has 3 aromatic rings. The van der Waals surface area contributed by atoms with Crippen LogP contribution in [0.4, 0.5) is 0 Å². The van der Waals surface area contributed by atoms with Crippen molar-refractivity contribution in [2.75, 3.05) is 5.75 Å². The van der Waals surface area contributed by atoms with Gasteiger partial charge in [0.2, 0.25) is 5.91 Å². The largest absolute Gasteiger partial charge is 0.348 e. The van der Waals surface area contributed by atoms with Gasteiger partial charge in [0.15, 0.2) is 0 Å². The number of nitrogens with zero attached hydrogens (tertiary/aromatic N) is 2. The van der Waals surface area contributed by atoms with Crippen molar-refractivity contribution in [3.63, 3.8) is 0 Å². The molecule has 25 heavy (non-hydrogen) atoms. The Kier molecular flexibility index (Phi) is 5.49. The Hall–Kier alpha value is -1.79. The van der Waals surface area contributed by atoms with Gasteiger partial charge in [0.1, 0.15) is 5.82 Å². The molecule has 6 heteroatoms. The first-order valence-corrected chi connectivity index (χ1v) is 9.80. The van der Waals surface area contributed by atoms with Crippen molar-refractivity contribution in [3.8, 4) is 0 Å². The lowest BCUT2D eigenvalue weighted by Gasteiger charge is -2.09. The molecule has 1 heterocycles. The summed E-state index contributed by atoms with van der Waals surface area (Å²) in [6.45, 7) is 4.55. The number of rotatable bonds is 5. The first kappa shape index (κ1) is 18.0. The van der Waals surface area contributed by atoms with Crippen LogP contribution in [-0.4, -0.2) is 21.2 Å². The number of imidazole rings is 1.